The number of anilines is 1. The first-order chi connectivity index (χ1) is 16.5. The van der Waals surface area contributed by atoms with Crippen molar-refractivity contribution in [3.63, 3.8) is 0 Å². The molecule has 0 saturated carbocycles. The molecule has 4 aromatic rings. The van der Waals surface area contributed by atoms with Gasteiger partial charge in [-0.05, 0) is 48.4 Å². The fraction of sp³-hybridized carbons (Fsp3) is 0.111. The number of halogens is 1. The Balaban J connectivity index is 1.40. The molecule has 1 aromatic heterocycles. The summed E-state index contributed by atoms with van der Waals surface area (Å²) in [6, 6.07) is 23.0. The molecule has 0 bridgehead atoms. The molecule has 172 valence electrons. The van der Waals surface area contributed by atoms with Gasteiger partial charge in [-0.25, -0.2) is 4.98 Å². The molecule has 7 heteroatoms. The summed E-state index contributed by atoms with van der Waals surface area (Å²) < 4.78 is 11.4. The monoisotopic (exact) mass is 490 g/mol. The van der Waals surface area contributed by atoms with Crippen molar-refractivity contribution in [3.05, 3.63) is 99.9 Å². The zero-order chi connectivity index (χ0) is 23.9. The van der Waals surface area contributed by atoms with Crippen LogP contribution in [-0.2, 0) is 11.4 Å². The quantitative estimate of drug-likeness (QED) is 0.270. The number of hydrogen-bond acceptors (Lipinski definition) is 5. The number of aromatic nitrogens is 1. The van der Waals surface area contributed by atoms with Crippen LogP contribution in [0.15, 0.2) is 78.9 Å². The summed E-state index contributed by atoms with van der Waals surface area (Å²) in [6.07, 6.45) is 3.19. The number of aryl methyl sites for hydroxylation is 1. The van der Waals surface area contributed by atoms with Gasteiger partial charge in [-0.15, -0.1) is 11.3 Å². The largest absolute Gasteiger partial charge is 0.493 e. The second kappa shape index (κ2) is 11.0. The van der Waals surface area contributed by atoms with E-state index in [0.717, 1.165) is 27.3 Å². The molecule has 1 amide bonds. The molecule has 0 radical (unpaired) electrons. The Morgan fingerprint density at radius 2 is 1.88 bits per heavy atom. The topological polar surface area (TPSA) is 60.5 Å². The lowest BCUT2D eigenvalue weighted by atomic mass is 10.1. The molecular formula is C27H23ClN2O3S. The van der Waals surface area contributed by atoms with Crippen LogP contribution in [0.3, 0.4) is 0 Å². The third kappa shape index (κ3) is 6.04. The third-order valence-corrected chi connectivity index (χ3v) is 6.10. The van der Waals surface area contributed by atoms with Crippen molar-refractivity contribution in [3.8, 4) is 22.8 Å². The van der Waals surface area contributed by atoms with Gasteiger partial charge in [0.25, 0.3) is 0 Å². The number of thiazole rings is 1. The summed E-state index contributed by atoms with van der Waals surface area (Å²) in [5.41, 5.74) is 3.61. The normalized spacial score (nSPS) is 10.9. The van der Waals surface area contributed by atoms with E-state index in [1.807, 2.05) is 79.7 Å². The van der Waals surface area contributed by atoms with Crippen LogP contribution in [0.25, 0.3) is 17.3 Å². The SMILES string of the molecule is COc1cc(C=CC(=O)Nc2nc(-c3cccc(Cl)c3)c(C)s2)ccc1OCc1ccccc1. The van der Waals surface area contributed by atoms with Crippen molar-refractivity contribution >= 4 is 40.1 Å². The zero-order valence-corrected chi connectivity index (χ0v) is 20.3. The lowest BCUT2D eigenvalue weighted by molar-refractivity contribution is -0.111. The van der Waals surface area contributed by atoms with E-state index in [1.165, 1.54) is 17.4 Å². The van der Waals surface area contributed by atoms with Crippen LogP contribution in [0.5, 0.6) is 11.5 Å². The van der Waals surface area contributed by atoms with Gasteiger partial charge < -0.3 is 9.47 Å². The summed E-state index contributed by atoms with van der Waals surface area (Å²) in [5.74, 6) is 0.967. The predicted molar refractivity (Wildman–Crippen MR) is 139 cm³/mol. The van der Waals surface area contributed by atoms with E-state index in [-0.39, 0.29) is 5.91 Å². The first-order valence-electron chi connectivity index (χ1n) is 10.6. The molecule has 0 aliphatic carbocycles. The summed E-state index contributed by atoms with van der Waals surface area (Å²) >= 11 is 7.51. The predicted octanol–water partition coefficient (Wildman–Crippen LogP) is 7.01. The molecule has 5 nitrogen and oxygen atoms in total. The lowest BCUT2D eigenvalue weighted by Crippen LogP contribution is -2.07. The molecule has 1 heterocycles. The second-order valence-electron chi connectivity index (χ2n) is 7.44. The third-order valence-electron chi connectivity index (χ3n) is 4.98. The van der Waals surface area contributed by atoms with E-state index in [9.17, 15) is 4.79 Å². The van der Waals surface area contributed by atoms with Gasteiger partial charge in [0.15, 0.2) is 16.6 Å². The average molecular weight is 491 g/mol. The second-order valence-corrected chi connectivity index (χ2v) is 9.08. The molecule has 0 unspecified atom stereocenters. The Hall–Kier alpha value is -3.61. The van der Waals surface area contributed by atoms with Crippen LogP contribution in [-0.4, -0.2) is 18.0 Å². The molecule has 0 aliphatic heterocycles. The highest BCUT2D eigenvalue weighted by atomic mass is 35.5. The Morgan fingerprint density at radius 3 is 2.65 bits per heavy atom. The highest BCUT2D eigenvalue weighted by Crippen LogP contribution is 2.32. The summed E-state index contributed by atoms with van der Waals surface area (Å²) in [5, 5.41) is 4.00. The minimum absolute atomic E-state index is 0.269. The Kier molecular flexibility index (Phi) is 7.62. The number of hydrogen-bond donors (Lipinski definition) is 1. The Bertz CT molecular complexity index is 1320. The zero-order valence-electron chi connectivity index (χ0n) is 18.7. The Morgan fingerprint density at radius 1 is 1.06 bits per heavy atom. The molecule has 1 N–H and O–H groups in total. The van der Waals surface area contributed by atoms with Gasteiger partial charge in [-0.2, -0.15) is 0 Å². The number of amides is 1. The number of carbonyl (C=O) groups excluding carboxylic acids is 1. The van der Waals surface area contributed by atoms with Gasteiger partial charge in [0, 0.05) is 21.5 Å². The molecule has 34 heavy (non-hydrogen) atoms. The molecule has 0 aliphatic rings. The summed E-state index contributed by atoms with van der Waals surface area (Å²) in [6.45, 7) is 2.41. The van der Waals surface area contributed by atoms with E-state index in [0.29, 0.717) is 28.3 Å². The molecule has 4 rings (SSSR count). The fourth-order valence-electron chi connectivity index (χ4n) is 3.31. The molecule has 0 saturated heterocycles. The van der Waals surface area contributed by atoms with Gasteiger partial charge in [0.1, 0.15) is 6.61 Å². The summed E-state index contributed by atoms with van der Waals surface area (Å²) in [7, 11) is 1.59. The maximum Gasteiger partial charge on any atom is 0.250 e. The number of benzene rings is 3. The first kappa shape index (κ1) is 23.5. The van der Waals surface area contributed by atoms with Crippen molar-refractivity contribution in [1.29, 1.82) is 0 Å². The highest BCUT2D eigenvalue weighted by Gasteiger charge is 2.12. The van der Waals surface area contributed by atoms with Gasteiger partial charge in [-0.3, -0.25) is 10.1 Å². The molecule has 0 atom stereocenters. The molecule has 0 fully saturated rings. The van der Waals surface area contributed by atoms with Crippen molar-refractivity contribution in [2.75, 3.05) is 12.4 Å². The molecular weight excluding hydrogens is 468 g/mol. The van der Waals surface area contributed by atoms with Gasteiger partial charge in [0.05, 0.1) is 12.8 Å². The van der Waals surface area contributed by atoms with E-state index < -0.39 is 0 Å². The van der Waals surface area contributed by atoms with Gasteiger partial charge >= 0.3 is 0 Å². The maximum absolute atomic E-state index is 12.5. The van der Waals surface area contributed by atoms with Crippen LogP contribution in [0.4, 0.5) is 5.13 Å². The van der Waals surface area contributed by atoms with Crippen LogP contribution in [0, 0.1) is 6.92 Å². The molecule has 3 aromatic carbocycles. The first-order valence-corrected chi connectivity index (χ1v) is 11.8. The number of carbonyl (C=O) groups is 1. The standard InChI is InChI=1S/C27H23ClN2O3S/c1-18-26(21-9-6-10-22(28)16-21)30-27(34-18)29-25(31)14-12-19-11-13-23(24(15-19)32-2)33-17-20-7-4-3-5-8-20/h3-16H,17H2,1-2H3,(H,29,30,31). The minimum atomic E-state index is -0.269. The fourth-order valence-corrected chi connectivity index (χ4v) is 4.34. The number of nitrogens with zero attached hydrogens (tertiary/aromatic N) is 1. The highest BCUT2D eigenvalue weighted by molar-refractivity contribution is 7.16. The number of methoxy groups -OCH3 is 1. The van der Waals surface area contributed by atoms with Crippen LogP contribution in [0.2, 0.25) is 5.02 Å². The van der Waals surface area contributed by atoms with Gasteiger partial charge in [-0.1, -0.05) is 60.1 Å². The van der Waals surface area contributed by atoms with E-state index >= 15 is 0 Å². The average Bonchev–Trinajstić information content (AvgIpc) is 3.22. The van der Waals surface area contributed by atoms with Crippen LogP contribution in [0.1, 0.15) is 16.0 Å². The van der Waals surface area contributed by atoms with Crippen molar-refractivity contribution < 1.29 is 14.3 Å². The maximum atomic E-state index is 12.5. The lowest BCUT2D eigenvalue weighted by Gasteiger charge is -2.11. The van der Waals surface area contributed by atoms with Crippen molar-refractivity contribution in [2.24, 2.45) is 0 Å². The number of rotatable bonds is 8. The van der Waals surface area contributed by atoms with Gasteiger partial charge in [0.2, 0.25) is 5.91 Å². The number of nitrogens with one attached hydrogen (secondary N) is 1. The van der Waals surface area contributed by atoms with Crippen molar-refractivity contribution in [1.82, 2.24) is 4.98 Å². The van der Waals surface area contributed by atoms with E-state index in [1.54, 1.807) is 13.2 Å². The molecule has 0 spiro atoms. The Labute approximate surface area is 207 Å². The smallest absolute Gasteiger partial charge is 0.250 e. The summed E-state index contributed by atoms with van der Waals surface area (Å²) in [4.78, 5) is 18.0. The van der Waals surface area contributed by atoms with Crippen LogP contribution >= 0.6 is 22.9 Å². The minimum Gasteiger partial charge on any atom is -0.493 e. The van der Waals surface area contributed by atoms with Crippen LogP contribution < -0.4 is 14.8 Å². The van der Waals surface area contributed by atoms with E-state index in [4.69, 9.17) is 21.1 Å². The number of ether oxygens (including phenoxy) is 2. The van der Waals surface area contributed by atoms with Crippen molar-refractivity contribution in [2.45, 2.75) is 13.5 Å². The van der Waals surface area contributed by atoms with E-state index in [2.05, 4.69) is 10.3 Å².